The van der Waals surface area contributed by atoms with E-state index in [9.17, 15) is 0 Å². The van der Waals surface area contributed by atoms with E-state index in [1.165, 1.54) is 0 Å². The zero-order valence-corrected chi connectivity index (χ0v) is 36.9. The quantitative estimate of drug-likeness (QED) is 0.101. The third-order valence-electron chi connectivity index (χ3n) is 12.6. The molecule has 1 aliphatic heterocycles. The highest BCUT2D eigenvalue weighted by Crippen LogP contribution is 2.34. The number of hydrogen-bond donors (Lipinski definition) is 5. The lowest BCUT2D eigenvalue weighted by Gasteiger charge is -2.23. The molecule has 21 nitrogen and oxygen atoms in total. The number of hydrogen-bond acceptors (Lipinski definition) is 14. The number of fused-ring (bicyclic) bond motifs is 4. The van der Waals surface area contributed by atoms with Crippen molar-refractivity contribution in [2.45, 2.75) is 39.2 Å². The van der Waals surface area contributed by atoms with Gasteiger partial charge in [-0.15, -0.1) is 0 Å². The minimum Gasteiger partial charge on any atom is -0.489 e. The van der Waals surface area contributed by atoms with Crippen LogP contribution in [0.2, 0.25) is 0 Å². The highest BCUT2D eigenvalue weighted by Gasteiger charge is 2.23. The van der Waals surface area contributed by atoms with Crippen LogP contribution in [0.5, 0.6) is 5.75 Å². The first-order valence-corrected chi connectivity index (χ1v) is 22.1. The maximum Gasteiger partial charge on any atom is 0.166 e. The Hall–Kier alpha value is -8.98. The van der Waals surface area contributed by atoms with Crippen LogP contribution in [0.25, 0.3) is 101 Å². The molecule has 0 amide bonds. The van der Waals surface area contributed by atoms with Crippen molar-refractivity contribution in [1.82, 2.24) is 99.2 Å². The van der Waals surface area contributed by atoms with E-state index in [-0.39, 0.29) is 6.10 Å². The van der Waals surface area contributed by atoms with Crippen molar-refractivity contribution in [3.63, 3.8) is 0 Å². The molecule has 0 aliphatic carbocycles. The second-order valence-corrected chi connectivity index (χ2v) is 17.0. The maximum atomic E-state index is 6.28. The Morgan fingerprint density at radius 1 is 0.691 bits per heavy atom. The summed E-state index contributed by atoms with van der Waals surface area (Å²) < 4.78 is 12.1. The third kappa shape index (κ3) is 6.73. The fraction of sp³-hybridized carbons (Fsp3) is 0.191. The zero-order valence-electron chi connectivity index (χ0n) is 36.9. The van der Waals surface area contributed by atoms with Crippen molar-refractivity contribution >= 4 is 43.9 Å². The average Bonchev–Trinajstić information content (AvgIpc) is 4.23. The molecule has 0 saturated carbocycles. The monoisotopic (exact) mass is 900 g/mol. The van der Waals surface area contributed by atoms with Gasteiger partial charge in [0.1, 0.15) is 58.3 Å². The van der Waals surface area contributed by atoms with Gasteiger partial charge in [0.2, 0.25) is 0 Å². The summed E-state index contributed by atoms with van der Waals surface area (Å²) in [6, 6.07) is 9.82. The summed E-state index contributed by atoms with van der Waals surface area (Å²) in [4.78, 5) is 54.7. The number of rotatable bonds is 10. The van der Waals surface area contributed by atoms with Gasteiger partial charge in [-0.25, -0.2) is 39.9 Å². The van der Waals surface area contributed by atoms with Crippen molar-refractivity contribution in [2.75, 3.05) is 13.1 Å². The van der Waals surface area contributed by atoms with Crippen molar-refractivity contribution in [2.24, 2.45) is 7.05 Å². The Balaban J connectivity index is 0.832. The summed E-state index contributed by atoms with van der Waals surface area (Å²) in [5.74, 6) is 4.06. The first-order valence-electron chi connectivity index (χ1n) is 22.1. The molecule has 21 heteroatoms. The molecule has 0 spiro atoms. The molecular weight excluding hydrogens is 861 g/mol. The van der Waals surface area contributed by atoms with E-state index in [0.717, 1.165) is 105 Å². The number of ether oxygens (including phenoxy) is 1. The van der Waals surface area contributed by atoms with Crippen LogP contribution in [0, 0.1) is 13.8 Å². The SMILES string of the molecule is Cc1cn(-c2nccc3[nH]c(-c4[nH]nc5c(Cc6cn(-c7nccc8[nH]c(-c9n[nH]c%10cnc(-c%11cncc(OC%12CCNCC%12)c%11)cc9%10)nc78)cn6)nc(-c6cnc(C)n6C)cc45)nc23)cn1. The van der Waals surface area contributed by atoms with Crippen LogP contribution in [-0.4, -0.2) is 113 Å². The third-order valence-corrected chi connectivity index (χ3v) is 12.6. The van der Waals surface area contributed by atoms with E-state index in [1.807, 2.05) is 83.5 Å². The second-order valence-electron chi connectivity index (χ2n) is 17.0. The van der Waals surface area contributed by atoms with Crippen molar-refractivity contribution in [3.8, 4) is 63.1 Å². The molecule has 12 aromatic rings. The first kappa shape index (κ1) is 39.4. The van der Waals surface area contributed by atoms with E-state index in [1.54, 1.807) is 43.6 Å². The molecule has 68 heavy (non-hydrogen) atoms. The molecule has 1 saturated heterocycles. The zero-order chi connectivity index (χ0) is 45.5. The Morgan fingerprint density at radius 3 is 2.24 bits per heavy atom. The fourth-order valence-corrected chi connectivity index (χ4v) is 8.97. The van der Waals surface area contributed by atoms with Crippen LogP contribution in [0.3, 0.4) is 0 Å². The number of piperidine rings is 1. The number of aryl methyl sites for hydroxylation is 2. The Kier molecular flexibility index (Phi) is 9.03. The molecule has 0 radical (unpaired) electrons. The average molecular weight is 901 g/mol. The van der Waals surface area contributed by atoms with Gasteiger partial charge in [-0.2, -0.15) is 10.2 Å². The van der Waals surface area contributed by atoms with Crippen LogP contribution in [0.4, 0.5) is 0 Å². The first-order chi connectivity index (χ1) is 33.4. The molecule has 0 bridgehead atoms. The summed E-state index contributed by atoms with van der Waals surface area (Å²) in [7, 11) is 1.98. The summed E-state index contributed by atoms with van der Waals surface area (Å²) >= 11 is 0. The predicted octanol–water partition coefficient (Wildman–Crippen LogP) is 6.28. The van der Waals surface area contributed by atoms with Crippen LogP contribution >= 0.6 is 0 Å². The second kappa shape index (κ2) is 15.6. The summed E-state index contributed by atoms with van der Waals surface area (Å²) in [6.07, 6.45) is 20.5. The maximum absolute atomic E-state index is 6.28. The predicted molar refractivity (Wildman–Crippen MR) is 252 cm³/mol. The number of nitrogens with zero attached hydrogens (tertiary/aromatic N) is 15. The fourth-order valence-electron chi connectivity index (χ4n) is 8.97. The molecule has 0 atom stereocenters. The van der Waals surface area contributed by atoms with Gasteiger partial charge >= 0.3 is 0 Å². The Labute approximate surface area is 384 Å². The van der Waals surface area contributed by atoms with Crippen LogP contribution in [-0.2, 0) is 13.5 Å². The molecule has 13 rings (SSSR count). The molecule has 0 aromatic carbocycles. The van der Waals surface area contributed by atoms with Gasteiger partial charge < -0.3 is 24.6 Å². The van der Waals surface area contributed by atoms with Crippen LogP contribution in [0.1, 0.15) is 35.7 Å². The van der Waals surface area contributed by atoms with Crippen molar-refractivity contribution in [3.05, 3.63) is 115 Å². The number of aromatic amines is 4. The lowest BCUT2D eigenvalue weighted by molar-refractivity contribution is 0.162. The molecule has 12 aromatic heterocycles. The molecule has 0 unspecified atom stereocenters. The highest BCUT2D eigenvalue weighted by molar-refractivity contribution is 5.97. The van der Waals surface area contributed by atoms with Crippen molar-refractivity contribution in [1.29, 1.82) is 0 Å². The number of nitrogens with one attached hydrogen (secondary N) is 5. The smallest absolute Gasteiger partial charge is 0.166 e. The number of H-pyrrole nitrogens is 4. The number of imidazole rings is 5. The van der Waals surface area contributed by atoms with Gasteiger partial charge in [0.25, 0.3) is 0 Å². The molecule has 334 valence electrons. The van der Waals surface area contributed by atoms with Crippen molar-refractivity contribution < 1.29 is 4.74 Å². The van der Waals surface area contributed by atoms with Gasteiger partial charge in [-0.1, -0.05) is 0 Å². The van der Waals surface area contributed by atoms with E-state index >= 15 is 0 Å². The molecule has 13 heterocycles. The van der Waals surface area contributed by atoms with Gasteiger partial charge in [-0.05, 0) is 70.1 Å². The molecule has 5 N–H and O–H groups in total. The van der Waals surface area contributed by atoms with Gasteiger partial charge in [0, 0.05) is 60.8 Å². The molecular formula is C47H40N20O. The molecule has 1 fully saturated rings. The normalized spacial score (nSPS) is 13.5. The Bertz CT molecular complexity index is 3870. The van der Waals surface area contributed by atoms with Crippen LogP contribution < -0.4 is 10.1 Å². The Morgan fingerprint density at radius 2 is 1.46 bits per heavy atom. The lowest BCUT2D eigenvalue weighted by Crippen LogP contribution is -2.34. The van der Waals surface area contributed by atoms with E-state index in [0.29, 0.717) is 57.6 Å². The highest BCUT2D eigenvalue weighted by atomic mass is 16.5. The number of aromatic nitrogens is 19. The standard InChI is InChI=1S/C47H40N20O/c1-24-20-66(22-54-24)46-42-32(6-10-50-46)58-45(60-42)41-31-15-35(38-19-52-25(2)65(38)3)56-36(39(31)62-64-41)13-27-21-67(23-55-27)47-43-33(7-11-51-47)57-44(59-43)40-30-14-34(53-18-37(30)61-63-40)26-12-29(17-49-16-26)68-28-4-8-48-9-5-28/h6-7,10-12,14-23,28,48H,4-5,8-9,13H2,1-3H3,(H,57,59)(H,58,60)(H,61,63)(H,62,64). The minimum absolute atomic E-state index is 0.158. The van der Waals surface area contributed by atoms with Gasteiger partial charge in [-0.3, -0.25) is 29.3 Å². The van der Waals surface area contributed by atoms with E-state index in [4.69, 9.17) is 39.7 Å². The minimum atomic E-state index is 0.158. The summed E-state index contributed by atoms with van der Waals surface area (Å²) in [5.41, 5.74) is 11.4. The van der Waals surface area contributed by atoms with E-state index in [2.05, 4.69) is 50.5 Å². The number of pyridine rings is 5. The summed E-state index contributed by atoms with van der Waals surface area (Å²) in [6.45, 7) is 5.79. The topological polar surface area (TPSA) is 254 Å². The van der Waals surface area contributed by atoms with Gasteiger partial charge in [0.15, 0.2) is 23.3 Å². The van der Waals surface area contributed by atoms with Gasteiger partial charge in [0.05, 0.1) is 69.3 Å². The summed E-state index contributed by atoms with van der Waals surface area (Å²) in [5, 5.41) is 21.0. The molecule has 1 aliphatic rings. The van der Waals surface area contributed by atoms with E-state index < -0.39 is 0 Å². The largest absolute Gasteiger partial charge is 0.489 e. The van der Waals surface area contributed by atoms with Crippen LogP contribution in [0.15, 0.2) is 92.6 Å². The lowest BCUT2D eigenvalue weighted by atomic mass is 10.1.